The number of aromatic nitrogens is 5. The summed E-state index contributed by atoms with van der Waals surface area (Å²) in [5, 5.41) is 13.8. The monoisotopic (exact) mass is 504 g/mol. The van der Waals surface area contributed by atoms with Crippen molar-refractivity contribution in [1.82, 2.24) is 30.1 Å². The third-order valence-corrected chi connectivity index (χ3v) is 7.10. The van der Waals surface area contributed by atoms with Crippen LogP contribution in [0, 0.1) is 0 Å². The van der Waals surface area contributed by atoms with E-state index in [-0.39, 0.29) is 17.1 Å². The number of hydrogen-bond donors (Lipinski definition) is 1. The van der Waals surface area contributed by atoms with Gasteiger partial charge in [-0.1, -0.05) is 26.0 Å². The first kappa shape index (κ1) is 26.3. The molecule has 0 amide bonds. The molecule has 2 heterocycles. The molecule has 4 aromatic rings. The molecule has 196 valence electrons. The molecule has 0 fully saturated rings. The Kier molecular flexibility index (Phi) is 7.92. The first-order chi connectivity index (χ1) is 17.8. The van der Waals surface area contributed by atoms with Crippen molar-refractivity contribution in [2.24, 2.45) is 0 Å². The summed E-state index contributed by atoms with van der Waals surface area (Å²) in [7, 11) is 3.29. The van der Waals surface area contributed by atoms with Crippen LogP contribution in [0.3, 0.4) is 0 Å². The van der Waals surface area contributed by atoms with Crippen LogP contribution >= 0.6 is 0 Å². The summed E-state index contributed by atoms with van der Waals surface area (Å²) in [4.78, 5) is 18.5. The second kappa shape index (κ2) is 11.1. The third-order valence-electron chi connectivity index (χ3n) is 7.10. The zero-order valence-corrected chi connectivity index (χ0v) is 22.5. The molecular weight excluding hydrogens is 468 g/mol. The average Bonchev–Trinajstić information content (AvgIpc) is 3.40. The van der Waals surface area contributed by atoms with Crippen LogP contribution in [0.2, 0.25) is 0 Å². The maximum Gasteiger partial charge on any atom is 0.252 e. The molecule has 0 aliphatic heterocycles. The highest BCUT2D eigenvalue weighted by Gasteiger charge is 2.31. The Bertz CT molecular complexity index is 1390. The Morgan fingerprint density at radius 2 is 1.70 bits per heavy atom. The number of hydrogen-bond acceptors (Lipinski definition) is 7. The number of nitrogens with zero attached hydrogens (tertiary/aromatic N) is 5. The van der Waals surface area contributed by atoms with Crippen LogP contribution in [0.1, 0.15) is 63.5 Å². The molecule has 1 atom stereocenters. The number of H-pyrrole nitrogens is 1. The smallest absolute Gasteiger partial charge is 0.252 e. The van der Waals surface area contributed by atoms with Crippen molar-refractivity contribution >= 4 is 10.9 Å². The Balaban J connectivity index is 1.77. The molecule has 2 aromatic heterocycles. The van der Waals surface area contributed by atoms with Gasteiger partial charge >= 0.3 is 0 Å². The van der Waals surface area contributed by atoms with Crippen LogP contribution in [0.5, 0.6) is 11.5 Å². The average molecular weight is 505 g/mol. The van der Waals surface area contributed by atoms with Crippen molar-refractivity contribution < 1.29 is 9.47 Å². The first-order valence-electron chi connectivity index (χ1n) is 12.6. The van der Waals surface area contributed by atoms with Crippen LogP contribution in [-0.4, -0.2) is 44.3 Å². The predicted octanol–water partition coefficient (Wildman–Crippen LogP) is 4.83. The minimum absolute atomic E-state index is 0.108. The molecule has 0 radical (unpaired) electrons. The molecule has 9 nitrogen and oxygen atoms in total. The van der Waals surface area contributed by atoms with Gasteiger partial charge in [0, 0.05) is 29.6 Å². The number of aromatic amines is 1. The van der Waals surface area contributed by atoms with Gasteiger partial charge in [-0.25, -0.2) is 4.68 Å². The van der Waals surface area contributed by atoms with Crippen molar-refractivity contribution in [1.29, 1.82) is 0 Å². The SMILES string of the molecule is CC[C@@H](c1nnnn1C(C)(C)CC)N(Cc1ccc(OC)cc1)Cc1cc2cc(OC)ccc2[nH]c1=O. The van der Waals surface area contributed by atoms with Crippen molar-refractivity contribution in [3.8, 4) is 11.5 Å². The van der Waals surface area contributed by atoms with E-state index in [1.165, 1.54) is 0 Å². The molecule has 0 unspecified atom stereocenters. The van der Waals surface area contributed by atoms with Crippen molar-refractivity contribution in [3.05, 3.63) is 75.8 Å². The fourth-order valence-corrected chi connectivity index (χ4v) is 4.52. The maximum atomic E-state index is 13.2. The highest BCUT2D eigenvalue weighted by molar-refractivity contribution is 5.80. The van der Waals surface area contributed by atoms with Gasteiger partial charge in [-0.2, -0.15) is 0 Å². The van der Waals surface area contributed by atoms with Gasteiger partial charge in [0.25, 0.3) is 5.56 Å². The van der Waals surface area contributed by atoms with E-state index in [2.05, 4.69) is 53.1 Å². The van der Waals surface area contributed by atoms with Crippen molar-refractivity contribution in [2.75, 3.05) is 14.2 Å². The minimum atomic E-state index is -0.241. The first-order valence-corrected chi connectivity index (χ1v) is 12.6. The number of ether oxygens (including phenoxy) is 2. The van der Waals surface area contributed by atoms with Gasteiger partial charge in [-0.15, -0.1) is 5.10 Å². The lowest BCUT2D eigenvalue weighted by Gasteiger charge is -2.33. The van der Waals surface area contributed by atoms with E-state index in [1.54, 1.807) is 14.2 Å². The van der Waals surface area contributed by atoms with Crippen LogP contribution in [0.15, 0.2) is 53.3 Å². The summed E-state index contributed by atoms with van der Waals surface area (Å²) in [6.45, 7) is 9.55. The fourth-order valence-electron chi connectivity index (χ4n) is 4.52. The summed E-state index contributed by atoms with van der Waals surface area (Å²) in [6, 6.07) is 15.5. The van der Waals surface area contributed by atoms with E-state index in [1.807, 2.05) is 53.2 Å². The van der Waals surface area contributed by atoms with E-state index < -0.39 is 0 Å². The molecule has 0 bridgehead atoms. The largest absolute Gasteiger partial charge is 0.497 e. The van der Waals surface area contributed by atoms with E-state index in [0.717, 1.165) is 46.6 Å². The van der Waals surface area contributed by atoms with Crippen LogP contribution < -0.4 is 15.0 Å². The molecule has 1 N–H and O–H groups in total. The van der Waals surface area contributed by atoms with Crippen LogP contribution in [0.4, 0.5) is 0 Å². The highest BCUT2D eigenvalue weighted by atomic mass is 16.5. The number of pyridine rings is 1. The summed E-state index contributed by atoms with van der Waals surface area (Å²) >= 11 is 0. The topological polar surface area (TPSA) is 98.2 Å². The number of tetrazole rings is 1. The third kappa shape index (κ3) is 5.67. The summed E-state index contributed by atoms with van der Waals surface area (Å²) in [5.74, 6) is 2.34. The normalized spacial score (nSPS) is 12.7. The molecule has 0 aliphatic rings. The Hall–Kier alpha value is -3.72. The van der Waals surface area contributed by atoms with Crippen LogP contribution in [-0.2, 0) is 18.6 Å². The Labute approximate surface area is 217 Å². The summed E-state index contributed by atoms with van der Waals surface area (Å²) < 4.78 is 12.7. The van der Waals surface area contributed by atoms with Gasteiger partial charge in [-0.3, -0.25) is 9.69 Å². The molecule has 0 saturated carbocycles. The molecule has 2 aromatic carbocycles. The quantitative estimate of drug-likeness (QED) is 0.312. The molecule has 0 aliphatic carbocycles. The molecule has 9 heteroatoms. The lowest BCUT2D eigenvalue weighted by Crippen LogP contribution is -2.36. The standard InChI is InChI=1S/C28H36N6O3/c1-7-25(26-30-31-32-34(26)28(3,4)8-2)33(17-19-9-11-22(36-5)12-10-19)18-21-15-20-16-23(37-6)13-14-24(20)29-27(21)35/h9-16,25H,7-8,17-18H2,1-6H3,(H,29,35)/t25-/m0/s1. The lowest BCUT2D eigenvalue weighted by molar-refractivity contribution is 0.150. The zero-order chi connectivity index (χ0) is 26.6. The summed E-state index contributed by atoms with van der Waals surface area (Å²) in [5.41, 5.74) is 2.20. The van der Waals surface area contributed by atoms with Gasteiger partial charge in [0.05, 0.1) is 25.8 Å². The molecular formula is C28H36N6O3. The number of methoxy groups -OCH3 is 2. The molecule has 0 saturated heterocycles. The maximum absolute atomic E-state index is 13.2. The number of benzene rings is 2. The van der Waals surface area contributed by atoms with Crippen molar-refractivity contribution in [3.63, 3.8) is 0 Å². The van der Waals surface area contributed by atoms with Crippen molar-refractivity contribution in [2.45, 2.75) is 65.2 Å². The van der Waals surface area contributed by atoms with E-state index in [0.29, 0.717) is 18.7 Å². The second-order valence-corrected chi connectivity index (χ2v) is 9.87. The number of nitrogens with one attached hydrogen (secondary N) is 1. The van der Waals surface area contributed by atoms with Gasteiger partial charge in [0.15, 0.2) is 5.82 Å². The molecule has 4 rings (SSSR count). The lowest BCUT2D eigenvalue weighted by atomic mass is 10.0. The highest BCUT2D eigenvalue weighted by Crippen LogP contribution is 2.30. The van der Waals surface area contributed by atoms with E-state index >= 15 is 0 Å². The van der Waals surface area contributed by atoms with E-state index in [4.69, 9.17) is 9.47 Å². The Morgan fingerprint density at radius 1 is 1.00 bits per heavy atom. The summed E-state index contributed by atoms with van der Waals surface area (Å²) in [6.07, 6.45) is 1.65. The number of fused-ring (bicyclic) bond motifs is 1. The van der Waals surface area contributed by atoms with Crippen LogP contribution in [0.25, 0.3) is 10.9 Å². The minimum Gasteiger partial charge on any atom is -0.497 e. The van der Waals surface area contributed by atoms with Gasteiger partial charge in [-0.05, 0) is 79.1 Å². The van der Waals surface area contributed by atoms with E-state index in [9.17, 15) is 4.79 Å². The van der Waals surface area contributed by atoms with Gasteiger partial charge < -0.3 is 14.5 Å². The second-order valence-electron chi connectivity index (χ2n) is 9.87. The van der Waals surface area contributed by atoms with Gasteiger partial charge in [0.2, 0.25) is 0 Å². The zero-order valence-electron chi connectivity index (χ0n) is 22.5. The molecule has 0 spiro atoms. The number of rotatable bonds is 11. The predicted molar refractivity (Wildman–Crippen MR) is 144 cm³/mol. The Morgan fingerprint density at radius 3 is 2.35 bits per heavy atom. The van der Waals surface area contributed by atoms with Gasteiger partial charge in [0.1, 0.15) is 11.5 Å². The molecule has 37 heavy (non-hydrogen) atoms. The fraction of sp³-hybridized carbons (Fsp3) is 0.429.